The molecule has 6 heteroatoms. The maximum absolute atomic E-state index is 12.2. The second-order valence-corrected chi connectivity index (χ2v) is 6.74. The van der Waals surface area contributed by atoms with E-state index in [0.29, 0.717) is 11.3 Å². The van der Waals surface area contributed by atoms with Gasteiger partial charge < -0.3 is 9.50 Å². The van der Waals surface area contributed by atoms with Crippen molar-refractivity contribution in [1.82, 2.24) is 0 Å². The summed E-state index contributed by atoms with van der Waals surface area (Å²) in [6.07, 6.45) is 0. The van der Waals surface area contributed by atoms with Crippen molar-refractivity contribution in [2.75, 3.05) is 5.32 Å². The van der Waals surface area contributed by atoms with E-state index in [1.807, 2.05) is 6.07 Å². The second-order valence-electron chi connectivity index (χ2n) is 5.20. The predicted molar refractivity (Wildman–Crippen MR) is 95.1 cm³/mol. The van der Waals surface area contributed by atoms with Crippen LogP contribution in [0.3, 0.4) is 0 Å². The Balaban J connectivity index is 1.69. The maximum atomic E-state index is 12.2. The minimum Gasteiger partial charge on any atom is -0.379 e. The van der Waals surface area contributed by atoms with Gasteiger partial charge in [0.25, 0.3) is 5.91 Å². The van der Waals surface area contributed by atoms with Gasteiger partial charge in [-0.25, -0.2) is 0 Å². The highest BCUT2D eigenvalue weighted by molar-refractivity contribution is 7.87. The van der Waals surface area contributed by atoms with E-state index < -0.39 is 10.1 Å². The number of anilines is 1. The topological polar surface area (TPSA) is 72.5 Å². The molecule has 1 N–H and O–H groups in total. The summed E-state index contributed by atoms with van der Waals surface area (Å²) in [6, 6.07) is 22.8. The monoisotopic (exact) mass is 353 g/mol. The highest BCUT2D eigenvalue weighted by Gasteiger charge is 2.16. The van der Waals surface area contributed by atoms with E-state index in [1.165, 1.54) is 24.3 Å². The van der Waals surface area contributed by atoms with E-state index in [2.05, 4.69) is 5.32 Å². The number of carbonyl (C=O) groups excluding carboxylic acids is 1. The first-order valence-corrected chi connectivity index (χ1v) is 8.91. The van der Waals surface area contributed by atoms with Crippen LogP contribution in [-0.4, -0.2) is 14.3 Å². The zero-order valence-electron chi connectivity index (χ0n) is 13.1. The molecule has 3 aromatic carbocycles. The first kappa shape index (κ1) is 16.7. The van der Waals surface area contributed by atoms with Gasteiger partial charge in [0.1, 0.15) is 10.6 Å². The van der Waals surface area contributed by atoms with E-state index in [9.17, 15) is 13.2 Å². The summed E-state index contributed by atoms with van der Waals surface area (Å²) in [5, 5.41) is 2.74. The van der Waals surface area contributed by atoms with Gasteiger partial charge >= 0.3 is 10.1 Å². The summed E-state index contributed by atoms with van der Waals surface area (Å²) in [4.78, 5) is 12.2. The Bertz CT molecular complexity index is 953. The van der Waals surface area contributed by atoms with Crippen molar-refractivity contribution in [3.63, 3.8) is 0 Å². The van der Waals surface area contributed by atoms with Gasteiger partial charge in [0.2, 0.25) is 0 Å². The Labute approximate surface area is 146 Å². The highest BCUT2D eigenvalue weighted by Crippen LogP contribution is 2.21. The van der Waals surface area contributed by atoms with Crippen molar-refractivity contribution in [3.8, 4) is 5.75 Å². The summed E-state index contributed by atoms with van der Waals surface area (Å²) >= 11 is 0. The van der Waals surface area contributed by atoms with Gasteiger partial charge in [-0.1, -0.05) is 36.4 Å². The van der Waals surface area contributed by atoms with Crippen LogP contribution in [0.25, 0.3) is 0 Å². The minimum absolute atomic E-state index is 0.0801. The SMILES string of the molecule is O=C(Nc1ccc(OS(=O)(=O)c2ccccc2)cc1)c1ccccc1. The molecule has 0 fully saturated rings. The average Bonchev–Trinajstić information content (AvgIpc) is 2.64. The van der Waals surface area contributed by atoms with Crippen LogP contribution in [0.4, 0.5) is 5.69 Å². The lowest BCUT2D eigenvalue weighted by atomic mass is 10.2. The van der Waals surface area contributed by atoms with Crippen LogP contribution >= 0.6 is 0 Å². The van der Waals surface area contributed by atoms with E-state index in [-0.39, 0.29) is 16.6 Å². The summed E-state index contributed by atoms with van der Waals surface area (Å²) in [5.41, 5.74) is 1.08. The lowest BCUT2D eigenvalue weighted by Gasteiger charge is -2.09. The van der Waals surface area contributed by atoms with Crippen LogP contribution in [0.15, 0.2) is 89.8 Å². The van der Waals surface area contributed by atoms with Crippen molar-refractivity contribution in [1.29, 1.82) is 0 Å². The van der Waals surface area contributed by atoms with Crippen molar-refractivity contribution < 1.29 is 17.4 Å². The zero-order valence-corrected chi connectivity index (χ0v) is 13.9. The fourth-order valence-electron chi connectivity index (χ4n) is 2.15. The van der Waals surface area contributed by atoms with Crippen LogP contribution in [0.1, 0.15) is 10.4 Å². The molecular weight excluding hydrogens is 338 g/mol. The Morgan fingerprint density at radius 2 is 1.32 bits per heavy atom. The number of rotatable bonds is 5. The molecule has 0 aromatic heterocycles. The molecule has 0 saturated carbocycles. The molecule has 1 amide bonds. The summed E-state index contributed by atoms with van der Waals surface area (Å²) in [5.74, 6) is -0.0762. The van der Waals surface area contributed by atoms with Gasteiger partial charge in [0.05, 0.1) is 0 Å². The van der Waals surface area contributed by atoms with E-state index in [4.69, 9.17) is 4.18 Å². The minimum atomic E-state index is -3.88. The molecule has 25 heavy (non-hydrogen) atoms. The molecule has 0 aliphatic rings. The number of hydrogen-bond donors (Lipinski definition) is 1. The first-order valence-electron chi connectivity index (χ1n) is 7.51. The molecule has 3 rings (SSSR count). The van der Waals surface area contributed by atoms with Gasteiger partial charge in [-0.15, -0.1) is 0 Å². The van der Waals surface area contributed by atoms with Gasteiger partial charge in [0.15, 0.2) is 0 Å². The largest absolute Gasteiger partial charge is 0.379 e. The molecule has 5 nitrogen and oxygen atoms in total. The molecule has 0 bridgehead atoms. The molecule has 0 aliphatic carbocycles. The molecule has 0 saturated heterocycles. The van der Waals surface area contributed by atoms with Gasteiger partial charge in [0, 0.05) is 11.3 Å². The molecule has 3 aromatic rings. The molecule has 0 spiro atoms. The van der Waals surface area contributed by atoms with Crippen LogP contribution in [-0.2, 0) is 10.1 Å². The van der Waals surface area contributed by atoms with Crippen molar-refractivity contribution in [3.05, 3.63) is 90.5 Å². The van der Waals surface area contributed by atoms with Gasteiger partial charge in [-0.05, 0) is 48.5 Å². The third-order valence-electron chi connectivity index (χ3n) is 3.39. The number of benzene rings is 3. The van der Waals surface area contributed by atoms with Crippen LogP contribution in [0.2, 0.25) is 0 Å². The molecule has 0 heterocycles. The number of carbonyl (C=O) groups is 1. The lowest BCUT2D eigenvalue weighted by molar-refractivity contribution is 0.102. The predicted octanol–water partition coefficient (Wildman–Crippen LogP) is 3.71. The summed E-state index contributed by atoms with van der Waals surface area (Å²) < 4.78 is 29.4. The van der Waals surface area contributed by atoms with Gasteiger partial charge in [-0.2, -0.15) is 8.42 Å². The fraction of sp³-hybridized carbons (Fsp3) is 0. The zero-order chi connectivity index (χ0) is 17.7. The smallest absolute Gasteiger partial charge is 0.339 e. The summed E-state index contributed by atoms with van der Waals surface area (Å²) in [7, 11) is -3.88. The Hall–Kier alpha value is -3.12. The maximum Gasteiger partial charge on any atom is 0.339 e. The summed E-state index contributed by atoms with van der Waals surface area (Å²) in [6.45, 7) is 0. The second kappa shape index (κ2) is 7.19. The number of amides is 1. The Kier molecular flexibility index (Phi) is 4.81. The van der Waals surface area contributed by atoms with E-state index in [0.717, 1.165) is 0 Å². The third kappa shape index (κ3) is 4.24. The quantitative estimate of drug-likeness (QED) is 0.710. The third-order valence-corrected chi connectivity index (χ3v) is 4.65. The molecular formula is C19H15NO4S. The molecule has 0 atom stereocenters. The van der Waals surface area contributed by atoms with E-state index in [1.54, 1.807) is 54.6 Å². The van der Waals surface area contributed by atoms with Crippen LogP contribution in [0, 0.1) is 0 Å². The average molecular weight is 353 g/mol. The van der Waals surface area contributed by atoms with Crippen molar-refractivity contribution in [2.45, 2.75) is 4.90 Å². The van der Waals surface area contributed by atoms with Gasteiger partial charge in [-0.3, -0.25) is 4.79 Å². The normalized spacial score (nSPS) is 10.9. The van der Waals surface area contributed by atoms with Crippen LogP contribution < -0.4 is 9.50 Å². The number of hydrogen-bond acceptors (Lipinski definition) is 4. The Morgan fingerprint density at radius 1 is 0.760 bits per heavy atom. The molecule has 126 valence electrons. The molecule has 0 aliphatic heterocycles. The standard InChI is InChI=1S/C19H15NO4S/c21-19(15-7-3-1-4-8-15)20-16-11-13-17(14-12-16)24-25(22,23)18-9-5-2-6-10-18/h1-14H,(H,20,21). The molecule has 0 unspecified atom stereocenters. The first-order chi connectivity index (χ1) is 12.0. The lowest BCUT2D eigenvalue weighted by Crippen LogP contribution is -2.12. The molecule has 0 radical (unpaired) electrons. The number of nitrogens with one attached hydrogen (secondary N) is 1. The van der Waals surface area contributed by atoms with E-state index >= 15 is 0 Å². The highest BCUT2D eigenvalue weighted by atomic mass is 32.2. The van der Waals surface area contributed by atoms with Crippen molar-refractivity contribution in [2.24, 2.45) is 0 Å². The fourth-order valence-corrected chi connectivity index (χ4v) is 3.10. The Morgan fingerprint density at radius 3 is 1.92 bits per heavy atom. The van der Waals surface area contributed by atoms with Crippen molar-refractivity contribution >= 4 is 21.7 Å². The van der Waals surface area contributed by atoms with Crippen LogP contribution in [0.5, 0.6) is 5.75 Å².